The number of ether oxygens (including phenoxy) is 2. The summed E-state index contributed by atoms with van der Waals surface area (Å²) in [5, 5.41) is 15.0. The summed E-state index contributed by atoms with van der Waals surface area (Å²) in [6.45, 7) is 2.91. The summed E-state index contributed by atoms with van der Waals surface area (Å²) in [6.07, 6.45) is 1.17. The third-order valence-electron chi connectivity index (χ3n) is 3.59. The second-order valence-corrected chi connectivity index (χ2v) is 5.82. The molecular weight excluding hydrogens is 328 g/mol. The summed E-state index contributed by atoms with van der Waals surface area (Å²) in [4.78, 5) is 34.5. The number of carbonyl (C=O) groups is 2. The number of anilines is 1. The Bertz CT molecular complexity index is 910. The number of cyclic esters (lactones) is 2. The van der Waals surface area contributed by atoms with Crippen LogP contribution in [0.15, 0.2) is 48.2 Å². The molecule has 0 aromatic heterocycles. The smallest absolute Gasteiger partial charge is 0.350 e. The van der Waals surface area contributed by atoms with Crippen molar-refractivity contribution in [3.05, 3.63) is 58.3 Å². The van der Waals surface area contributed by atoms with E-state index in [1.54, 1.807) is 24.3 Å². The fourth-order valence-corrected chi connectivity index (χ4v) is 2.50. The van der Waals surface area contributed by atoms with E-state index >= 15 is 0 Å². The van der Waals surface area contributed by atoms with Crippen molar-refractivity contribution >= 4 is 34.1 Å². The van der Waals surface area contributed by atoms with E-state index in [1.807, 2.05) is 0 Å². The molecule has 0 atom stereocenters. The van der Waals surface area contributed by atoms with Gasteiger partial charge in [0.25, 0.3) is 11.5 Å². The highest BCUT2D eigenvalue weighted by atomic mass is 16.7. The van der Waals surface area contributed by atoms with Crippen molar-refractivity contribution in [2.24, 2.45) is 0 Å². The van der Waals surface area contributed by atoms with Crippen molar-refractivity contribution in [3.8, 4) is 0 Å². The lowest BCUT2D eigenvalue weighted by molar-refractivity contribution is -0.383. The van der Waals surface area contributed by atoms with Gasteiger partial charge in [0.05, 0.1) is 10.3 Å². The van der Waals surface area contributed by atoms with Crippen LogP contribution in [0.25, 0.3) is 10.8 Å². The lowest BCUT2D eigenvalue weighted by atomic mass is 10.1. The number of nitrogens with one attached hydrogen (secondary N) is 1. The van der Waals surface area contributed by atoms with Crippen molar-refractivity contribution in [2.45, 2.75) is 19.6 Å². The van der Waals surface area contributed by atoms with Gasteiger partial charge in [0.1, 0.15) is 0 Å². The van der Waals surface area contributed by atoms with E-state index in [4.69, 9.17) is 9.47 Å². The average Bonchev–Trinajstić information content (AvgIpc) is 2.52. The predicted molar refractivity (Wildman–Crippen MR) is 88.6 cm³/mol. The number of hydrogen-bond acceptors (Lipinski definition) is 7. The van der Waals surface area contributed by atoms with E-state index in [1.165, 1.54) is 32.2 Å². The number of rotatable bonds is 3. The number of nitro benzene ring substituents is 1. The molecule has 1 aliphatic rings. The molecule has 1 aliphatic heterocycles. The number of nitro groups is 1. The molecule has 3 rings (SSSR count). The molecule has 8 nitrogen and oxygen atoms in total. The highest BCUT2D eigenvalue weighted by Crippen LogP contribution is 2.31. The van der Waals surface area contributed by atoms with Gasteiger partial charge >= 0.3 is 11.9 Å². The van der Waals surface area contributed by atoms with Gasteiger partial charge in [-0.2, -0.15) is 0 Å². The Morgan fingerprint density at radius 3 is 2.24 bits per heavy atom. The fraction of sp³-hybridized carbons (Fsp3) is 0.176. The van der Waals surface area contributed by atoms with E-state index in [2.05, 4.69) is 5.32 Å². The van der Waals surface area contributed by atoms with Crippen molar-refractivity contribution in [2.75, 3.05) is 5.32 Å². The Morgan fingerprint density at radius 1 is 1.04 bits per heavy atom. The molecule has 0 aliphatic carbocycles. The van der Waals surface area contributed by atoms with E-state index < -0.39 is 22.6 Å². The lowest BCUT2D eigenvalue weighted by Gasteiger charge is -2.29. The minimum atomic E-state index is -1.31. The Hall–Kier alpha value is -3.42. The molecule has 0 bridgehead atoms. The Balaban J connectivity index is 1.97. The zero-order valence-electron chi connectivity index (χ0n) is 13.4. The molecular formula is C17H14N2O6. The highest BCUT2D eigenvalue weighted by Gasteiger charge is 2.38. The van der Waals surface area contributed by atoms with Crippen LogP contribution in [0.4, 0.5) is 11.4 Å². The van der Waals surface area contributed by atoms with Crippen LogP contribution in [0, 0.1) is 10.1 Å². The van der Waals surface area contributed by atoms with Crippen LogP contribution in [0.3, 0.4) is 0 Å². The largest absolute Gasteiger partial charge is 0.419 e. The van der Waals surface area contributed by atoms with Gasteiger partial charge in [-0.15, -0.1) is 0 Å². The van der Waals surface area contributed by atoms with Crippen LogP contribution in [-0.4, -0.2) is 22.6 Å². The van der Waals surface area contributed by atoms with Crippen LogP contribution in [0.5, 0.6) is 0 Å². The monoisotopic (exact) mass is 342 g/mol. The van der Waals surface area contributed by atoms with E-state index in [0.717, 1.165) is 0 Å². The maximum absolute atomic E-state index is 11.9. The van der Waals surface area contributed by atoms with Gasteiger partial charge < -0.3 is 14.8 Å². The molecule has 1 saturated heterocycles. The number of non-ortho nitro benzene ring substituents is 1. The average molecular weight is 342 g/mol. The van der Waals surface area contributed by atoms with Crippen LogP contribution < -0.4 is 5.32 Å². The first kappa shape index (κ1) is 16.4. The predicted octanol–water partition coefficient (Wildman–Crippen LogP) is 2.88. The summed E-state index contributed by atoms with van der Waals surface area (Å²) in [7, 11) is 0. The molecule has 0 unspecified atom stereocenters. The van der Waals surface area contributed by atoms with Crippen LogP contribution in [-0.2, 0) is 19.1 Å². The molecule has 128 valence electrons. The minimum Gasteiger partial charge on any atom is -0.419 e. The number of nitrogens with zero attached hydrogens (tertiary/aromatic N) is 1. The maximum Gasteiger partial charge on any atom is 0.350 e. The summed E-state index contributed by atoms with van der Waals surface area (Å²) in [6, 6.07) is 9.59. The molecule has 1 N–H and O–H groups in total. The van der Waals surface area contributed by atoms with Crippen molar-refractivity contribution in [1.82, 2.24) is 0 Å². The molecule has 0 amide bonds. The Kier molecular flexibility index (Phi) is 3.88. The zero-order valence-corrected chi connectivity index (χ0v) is 13.4. The van der Waals surface area contributed by atoms with Crippen LogP contribution in [0.2, 0.25) is 0 Å². The van der Waals surface area contributed by atoms with E-state index in [0.29, 0.717) is 16.5 Å². The summed E-state index contributed by atoms with van der Waals surface area (Å²) in [5.74, 6) is -2.93. The third kappa shape index (κ3) is 3.14. The number of benzene rings is 2. The molecule has 2 aromatic carbocycles. The van der Waals surface area contributed by atoms with Crippen LogP contribution >= 0.6 is 0 Å². The number of carbonyl (C=O) groups excluding carboxylic acids is 2. The number of fused-ring (bicyclic) bond motifs is 1. The summed E-state index contributed by atoms with van der Waals surface area (Å²) >= 11 is 0. The Morgan fingerprint density at radius 2 is 1.64 bits per heavy atom. The summed E-state index contributed by atoms with van der Waals surface area (Å²) in [5.41, 5.74) is 0.174. The first-order valence-electron chi connectivity index (χ1n) is 7.38. The standard InChI is InChI=1S/C17H14N2O6/c1-17(2)24-15(20)12(16(21)25-17)9-18-13-7-8-14(19(22)23)11-6-4-3-5-10(11)13/h3-9,18H,1-2H3. The minimum absolute atomic E-state index is 0.0351. The number of esters is 2. The molecule has 1 fully saturated rings. The van der Waals surface area contributed by atoms with Crippen molar-refractivity contribution in [1.29, 1.82) is 0 Å². The zero-order chi connectivity index (χ0) is 18.2. The van der Waals surface area contributed by atoms with Gasteiger partial charge in [-0.25, -0.2) is 9.59 Å². The van der Waals surface area contributed by atoms with E-state index in [9.17, 15) is 19.7 Å². The second-order valence-electron chi connectivity index (χ2n) is 5.82. The van der Waals surface area contributed by atoms with Crippen molar-refractivity contribution in [3.63, 3.8) is 0 Å². The molecule has 0 radical (unpaired) electrons. The van der Waals surface area contributed by atoms with E-state index in [-0.39, 0.29) is 11.3 Å². The van der Waals surface area contributed by atoms with Crippen LogP contribution in [0.1, 0.15) is 13.8 Å². The van der Waals surface area contributed by atoms with Crippen molar-refractivity contribution < 1.29 is 24.0 Å². The second kappa shape index (κ2) is 5.90. The van der Waals surface area contributed by atoms with Gasteiger partial charge in [0, 0.05) is 37.2 Å². The molecule has 8 heteroatoms. The maximum atomic E-state index is 11.9. The fourth-order valence-electron chi connectivity index (χ4n) is 2.50. The highest BCUT2D eigenvalue weighted by molar-refractivity contribution is 6.15. The molecule has 25 heavy (non-hydrogen) atoms. The lowest BCUT2D eigenvalue weighted by Crippen LogP contribution is -2.42. The Labute approximate surface area is 142 Å². The van der Waals surface area contributed by atoms with Gasteiger partial charge in [-0.3, -0.25) is 10.1 Å². The van der Waals surface area contributed by atoms with Gasteiger partial charge in [0.15, 0.2) is 5.57 Å². The summed E-state index contributed by atoms with van der Waals surface area (Å²) < 4.78 is 10.0. The quantitative estimate of drug-likeness (QED) is 0.300. The molecule has 2 aromatic rings. The molecule has 0 saturated carbocycles. The molecule has 1 heterocycles. The van der Waals surface area contributed by atoms with Gasteiger partial charge in [-0.1, -0.05) is 18.2 Å². The topological polar surface area (TPSA) is 108 Å². The van der Waals surface area contributed by atoms with Gasteiger partial charge in [0.2, 0.25) is 0 Å². The SMILES string of the molecule is CC1(C)OC(=O)C(=CNc2ccc([N+](=O)[O-])c3ccccc23)C(=O)O1. The normalized spacial score (nSPS) is 16.2. The number of hydrogen-bond donors (Lipinski definition) is 1. The molecule has 0 spiro atoms. The third-order valence-corrected chi connectivity index (χ3v) is 3.59. The first-order chi connectivity index (χ1) is 11.8. The van der Waals surface area contributed by atoms with Gasteiger partial charge in [-0.05, 0) is 12.1 Å². The first-order valence-corrected chi connectivity index (χ1v) is 7.38.